The molecule has 1 saturated heterocycles. The lowest BCUT2D eigenvalue weighted by Crippen LogP contribution is -2.32. The van der Waals surface area contributed by atoms with Crippen molar-refractivity contribution in [2.75, 3.05) is 4.90 Å². The van der Waals surface area contributed by atoms with Gasteiger partial charge in [0.2, 0.25) is 11.8 Å². The molecular weight excluding hydrogens is 216 g/mol. The highest BCUT2D eigenvalue weighted by Crippen LogP contribution is 2.48. The molecule has 4 nitrogen and oxygen atoms in total. The summed E-state index contributed by atoms with van der Waals surface area (Å²) >= 11 is 0. The molecule has 1 aromatic rings. The predicted molar refractivity (Wildman–Crippen MR) is 63.1 cm³/mol. The Morgan fingerprint density at radius 3 is 2.53 bits per heavy atom. The Morgan fingerprint density at radius 2 is 1.94 bits per heavy atom. The van der Waals surface area contributed by atoms with Crippen LogP contribution in [0.1, 0.15) is 24.9 Å². The van der Waals surface area contributed by atoms with Crippen LogP contribution in [0.3, 0.4) is 0 Å². The van der Waals surface area contributed by atoms with Gasteiger partial charge in [-0.25, -0.2) is 0 Å². The quantitative estimate of drug-likeness (QED) is 0.777. The zero-order valence-electron chi connectivity index (χ0n) is 9.59. The SMILES string of the molecule is CC(N)c1cccc(N2C(=O)C3CC3C2=O)c1. The molecule has 2 aliphatic rings. The zero-order chi connectivity index (χ0) is 12.2. The Morgan fingerprint density at radius 1 is 1.29 bits per heavy atom. The molecule has 3 atom stereocenters. The van der Waals surface area contributed by atoms with Crippen LogP contribution in [0.25, 0.3) is 0 Å². The van der Waals surface area contributed by atoms with Gasteiger partial charge in [0.15, 0.2) is 0 Å². The minimum absolute atomic E-state index is 0.0539. The Kier molecular flexibility index (Phi) is 2.10. The minimum Gasteiger partial charge on any atom is -0.324 e. The second-order valence-corrected chi connectivity index (χ2v) is 4.84. The van der Waals surface area contributed by atoms with E-state index in [1.807, 2.05) is 25.1 Å². The molecule has 0 radical (unpaired) electrons. The molecule has 2 N–H and O–H groups in total. The topological polar surface area (TPSA) is 63.4 Å². The van der Waals surface area contributed by atoms with E-state index in [0.717, 1.165) is 12.0 Å². The summed E-state index contributed by atoms with van der Waals surface area (Å²) in [6.07, 6.45) is 0.737. The average molecular weight is 230 g/mol. The molecule has 0 spiro atoms. The first-order chi connectivity index (χ1) is 8.09. The van der Waals surface area contributed by atoms with Gasteiger partial charge in [-0.2, -0.15) is 0 Å². The summed E-state index contributed by atoms with van der Waals surface area (Å²) in [5.41, 5.74) is 7.39. The van der Waals surface area contributed by atoms with Gasteiger partial charge in [0.05, 0.1) is 17.5 Å². The summed E-state index contributed by atoms with van der Waals surface area (Å²) in [7, 11) is 0. The highest BCUT2D eigenvalue weighted by Gasteiger charge is 2.59. The summed E-state index contributed by atoms with van der Waals surface area (Å²) in [4.78, 5) is 25.1. The fourth-order valence-electron chi connectivity index (χ4n) is 2.38. The van der Waals surface area contributed by atoms with Crippen molar-refractivity contribution in [3.8, 4) is 0 Å². The molecule has 3 unspecified atom stereocenters. The number of hydrogen-bond donors (Lipinski definition) is 1. The third kappa shape index (κ3) is 1.48. The Labute approximate surface area is 99.4 Å². The average Bonchev–Trinajstić information content (AvgIpc) is 3.04. The van der Waals surface area contributed by atoms with Gasteiger partial charge < -0.3 is 5.73 Å². The molecule has 88 valence electrons. The third-order valence-electron chi connectivity index (χ3n) is 3.52. The molecule has 1 aliphatic heterocycles. The van der Waals surface area contributed by atoms with Crippen LogP contribution in [-0.4, -0.2) is 11.8 Å². The Hall–Kier alpha value is -1.68. The normalized spacial score (nSPS) is 28.2. The lowest BCUT2D eigenvalue weighted by Gasteiger charge is -2.18. The highest BCUT2D eigenvalue weighted by molar-refractivity contribution is 6.24. The van der Waals surface area contributed by atoms with Crippen LogP contribution in [0.15, 0.2) is 24.3 Å². The third-order valence-corrected chi connectivity index (χ3v) is 3.52. The van der Waals surface area contributed by atoms with E-state index >= 15 is 0 Å². The van der Waals surface area contributed by atoms with Crippen molar-refractivity contribution < 1.29 is 9.59 Å². The zero-order valence-corrected chi connectivity index (χ0v) is 9.59. The van der Waals surface area contributed by atoms with Gasteiger partial charge >= 0.3 is 0 Å². The van der Waals surface area contributed by atoms with Gasteiger partial charge in [0.1, 0.15) is 0 Å². The first-order valence-corrected chi connectivity index (χ1v) is 5.83. The van der Waals surface area contributed by atoms with Crippen LogP contribution in [0, 0.1) is 11.8 Å². The summed E-state index contributed by atoms with van der Waals surface area (Å²) in [5.74, 6) is -0.216. The first-order valence-electron chi connectivity index (χ1n) is 5.83. The maximum Gasteiger partial charge on any atom is 0.237 e. The van der Waals surface area contributed by atoms with Crippen molar-refractivity contribution in [3.05, 3.63) is 29.8 Å². The van der Waals surface area contributed by atoms with Crippen LogP contribution >= 0.6 is 0 Å². The number of rotatable bonds is 2. The summed E-state index contributed by atoms with van der Waals surface area (Å²) in [6, 6.07) is 7.24. The van der Waals surface area contributed by atoms with Gasteiger partial charge in [-0.3, -0.25) is 14.5 Å². The van der Waals surface area contributed by atoms with Gasteiger partial charge in [-0.05, 0) is 31.0 Å². The number of piperidine rings is 1. The van der Waals surface area contributed by atoms with Gasteiger partial charge in [0, 0.05) is 6.04 Å². The fraction of sp³-hybridized carbons (Fsp3) is 0.385. The second kappa shape index (κ2) is 3.40. The standard InChI is InChI=1S/C13H14N2O2/c1-7(14)8-3-2-4-9(5-8)15-12(16)10-6-11(10)13(15)17/h2-5,7,10-11H,6,14H2,1H3. The van der Waals surface area contributed by atoms with Crippen LogP contribution in [0.4, 0.5) is 5.69 Å². The van der Waals surface area contributed by atoms with Crippen molar-refractivity contribution in [2.45, 2.75) is 19.4 Å². The lowest BCUT2D eigenvalue weighted by molar-refractivity contribution is -0.123. The number of nitrogens with zero attached hydrogens (tertiary/aromatic N) is 1. The van der Waals surface area contributed by atoms with Crippen molar-refractivity contribution in [3.63, 3.8) is 0 Å². The second-order valence-electron chi connectivity index (χ2n) is 4.84. The molecule has 0 bridgehead atoms. The highest BCUT2D eigenvalue weighted by atomic mass is 16.2. The fourth-order valence-corrected chi connectivity index (χ4v) is 2.38. The van der Waals surface area contributed by atoms with E-state index in [4.69, 9.17) is 5.73 Å². The van der Waals surface area contributed by atoms with E-state index in [2.05, 4.69) is 0 Å². The van der Waals surface area contributed by atoms with E-state index in [9.17, 15) is 9.59 Å². The number of anilines is 1. The number of carbonyl (C=O) groups excluding carboxylic acids is 2. The van der Waals surface area contributed by atoms with E-state index in [-0.39, 0.29) is 29.7 Å². The molecule has 2 fully saturated rings. The Bertz CT molecular complexity index is 490. The monoisotopic (exact) mass is 230 g/mol. The van der Waals surface area contributed by atoms with Gasteiger partial charge in [0.25, 0.3) is 0 Å². The largest absolute Gasteiger partial charge is 0.324 e. The first kappa shape index (κ1) is 10.5. The van der Waals surface area contributed by atoms with E-state index in [1.54, 1.807) is 6.07 Å². The number of nitrogens with two attached hydrogens (primary N) is 1. The maximum atomic E-state index is 11.9. The number of amides is 2. The summed E-state index contributed by atoms with van der Waals surface area (Å²) < 4.78 is 0. The Balaban J connectivity index is 1.97. The van der Waals surface area contributed by atoms with Crippen LogP contribution in [-0.2, 0) is 9.59 Å². The number of benzene rings is 1. The van der Waals surface area contributed by atoms with E-state index < -0.39 is 0 Å². The molecule has 17 heavy (non-hydrogen) atoms. The maximum absolute atomic E-state index is 11.9. The number of hydrogen-bond acceptors (Lipinski definition) is 3. The van der Waals surface area contributed by atoms with Gasteiger partial charge in [-0.1, -0.05) is 12.1 Å². The van der Waals surface area contributed by atoms with Crippen molar-refractivity contribution in [1.29, 1.82) is 0 Å². The summed E-state index contributed by atoms with van der Waals surface area (Å²) in [5, 5.41) is 0. The van der Waals surface area contributed by atoms with Crippen molar-refractivity contribution >= 4 is 17.5 Å². The lowest BCUT2D eigenvalue weighted by atomic mass is 10.1. The van der Waals surface area contributed by atoms with Crippen LogP contribution in [0.2, 0.25) is 0 Å². The predicted octanol–water partition coefficient (Wildman–Crippen LogP) is 1.22. The molecule has 4 heteroatoms. The van der Waals surface area contributed by atoms with E-state index in [1.165, 1.54) is 4.90 Å². The number of fused-ring (bicyclic) bond motifs is 1. The van der Waals surface area contributed by atoms with E-state index in [0.29, 0.717) is 5.69 Å². The van der Waals surface area contributed by atoms with Crippen LogP contribution in [0.5, 0.6) is 0 Å². The molecule has 1 aliphatic carbocycles. The summed E-state index contributed by atoms with van der Waals surface area (Å²) in [6.45, 7) is 1.88. The molecule has 0 aromatic heterocycles. The molecule has 1 heterocycles. The number of carbonyl (C=O) groups is 2. The number of imide groups is 1. The molecular formula is C13H14N2O2. The minimum atomic E-state index is -0.0997. The molecule has 1 aromatic carbocycles. The smallest absolute Gasteiger partial charge is 0.237 e. The van der Waals surface area contributed by atoms with Gasteiger partial charge in [-0.15, -0.1) is 0 Å². The molecule has 1 saturated carbocycles. The van der Waals surface area contributed by atoms with Crippen molar-refractivity contribution in [1.82, 2.24) is 0 Å². The molecule has 2 amide bonds. The van der Waals surface area contributed by atoms with Crippen molar-refractivity contribution in [2.24, 2.45) is 17.6 Å². The van der Waals surface area contributed by atoms with Crippen LogP contribution < -0.4 is 10.6 Å². The molecule has 3 rings (SSSR count).